The van der Waals surface area contributed by atoms with Crippen LogP contribution in [0.5, 0.6) is 0 Å². The minimum atomic E-state index is -3.92. The Balaban J connectivity index is 0.000000153. The summed E-state index contributed by atoms with van der Waals surface area (Å²) >= 11 is 6.19. The highest BCUT2D eigenvalue weighted by atomic mass is 32.3. The van der Waals surface area contributed by atoms with Gasteiger partial charge in [0.05, 0.1) is 78.8 Å². The summed E-state index contributed by atoms with van der Waals surface area (Å²) in [5, 5.41) is 48.0. The number of anilines is 4. The number of aliphatic hydroxyl groups is 4. The van der Waals surface area contributed by atoms with Gasteiger partial charge in [-0.05, 0) is 245 Å². The second-order valence-corrected chi connectivity index (χ2v) is 53.5. The van der Waals surface area contributed by atoms with E-state index in [0.29, 0.717) is 63.7 Å². The van der Waals surface area contributed by atoms with E-state index in [9.17, 15) is 88.5 Å². The first kappa shape index (κ1) is 105. The van der Waals surface area contributed by atoms with Crippen molar-refractivity contribution in [1.29, 1.82) is 0 Å². The number of sulfonamides is 4. The van der Waals surface area contributed by atoms with Gasteiger partial charge in [-0.2, -0.15) is 17.2 Å². The number of halogens is 4. The number of thioether (sulfide) groups is 1. The van der Waals surface area contributed by atoms with Crippen LogP contribution in [0.1, 0.15) is 77.6 Å². The van der Waals surface area contributed by atoms with Crippen LogP contribution in [0.3, 0.4) is 0 Å². The maximum atomic E-state index is 13.7. The number of hydrogen-bond donors (Lipinski definition) is 4. The van der Waals surface area contributed by atoms with Gasteiger partial charge in [-0.15, -0.1) is 57.1 Å². The summed E-state index contributed by atoms with van der Waals surface area (Å²) in [7, 11) is -21.6. The molecule has 12 aromatic rings. The zero-order chi connectivity index (χ0) is 98.1. The SMILES string of the molecule is CC(C)(O)c1ccc(N2CCN(S(=O)(=O)c3cccs3)C[C@@H]2CS(=O)(=O)c2cccc(F)c2)cc1.CC(C)(O)c1ccc(N2CCN(S(=O)(=O)c3cccs3)C[C@@H]2CSc2cccc(F)c2)cc1.CC(C)(O)c1ccc(N2CCN(S(=O)(=O)c3cccs3)C[C@@H]2C[S@@](=O)c2cccc(F)c2)cc1.CC(C)(O)c1ccc(N2CCN(S(=O)(=O)c3cccs3)C[C@@H]2C[S@](=O)c2cccc(F)c2)cc1. The smallest absolute Gasteiger partial charge is 0.252 e. The molecule has 8 aromatic carbocycles. The summed E-state index contributed by atoms with van der Waals surface area (Å²) in [6, 6.07) is 63.9. The van der Waals surface area contributed by atoms with Crippen molar-refractivity contribution in [2.45, 2.75) is 138 Å². The van der Waals surface area contributed by atoms with E-state index >= 15 is 0 Å². The molecule has 6 atom stereocenters. The monoisotopic (exact) mass is 2090 g/mol. The first-order valence-electron chi connectivity index (χ1n) is 43.3. The van der Waals surface area contributed by atoms with Crippen LogP contribution in [0.25, 0.3) is 0 Å². The second kappa shape index (κ2) is 44.2. The molecule has 40 heteroatoms. The first-order valence-corrected chi connectivity index (χ1v) is 57.9. The van der Waals surface area contributed by atoms with Gasteiger partial charge in [0.1, 0.15) is 40.1 Å². The molecule has 4 saturated heterocycles. The van der Waals surface area contributed by atoms with Crippen molar-refractivity contribution in [2.75, 3.05) is 121 Å². The molecule has 0 amide bonds. The van der Waals surface area contributed by atoms with Crippen molar-refractivity contribution in [1.82, 2.24) is 17.2 Å². The Labute approximate surface area is 819 Å². The van der Waals surface area contributed by atoms with E-state index in [0.717, 1.165) is 56.1 Å². The molecule has 4 aromatic heterocycles. The third kappa shape index (κ3) is 26.4. The van der Waals surface area contributed by atoms with Gasteiger partial charge in [0.15, 0.2) is 9.84 Å². The van der Waals surface area contributed by atoms with Crippen LogP contribution in [0.2, 0.25) is 0 Å². The van der Waals surface area contributed by atoms with Gasteiger partial charge < -0.3 is 40.0 Å². The number of thiophene rings is 4. The number of piperazine rings is 4. The molecule has 4 aliphatic rings. The van der Waals surface area contributed by atoms with Gasteiger partial charge in [0.25, 0.3) is 40.1 Å². The standard InChI is InChI=1S/C24H27FN2O5S3.2C24H27FN2O4S3.C24H27FN2O3S3/c1-24(2,28)18-8-10-20(11-9-18)27-13-12-26(35(31,32)23-7-4-14-33-23)16-21(27)17-34(29,30)22-6-3-5-19(25)15-22;2*1-24(2,28)18-8-10-20(11-9-18)27-13-12-26(34(30,31)23-7-4-14-32-23)16-21(27)17-33(29)22-6-3-5-19(25)15-22;1-24(2,28)18-8-10-20(11-9-18)27-13-12-26(33(29,30)23-7-4-14-31-23)16-21(27)17-32-22-6-3-5-19(25)15-22/h3-11,14-15,21,28H,12-13,16-17H2,1-2H3;2*3-11,14-15,21,28H,12-13,16-17H2,1-2H3;3-11,14-15,21,28H,12-13,16-17H2,1-2H3/t21-;21-,33+;21-,33-;21-/m1111/s1. The second-order valence-electron chi connectivity index (χ2n) is 34.9. The molecule has 0 saturated carbocycles. The zero-order valence-corrected chi connectivity index (χ0v) is 85.5. The Kier molecular flexibility index (Phi) is 34.1. The van der Waals surface area contributed by atoms with E-state index in [1.165, 1.54) is 131 Å². The van der Waals surface area contributed by atoms with Crippen molar-refractivity contribution in [2.24, 2.45) is 0 Å². The summed E-state index contributed by atoms with van der Waals surface area (Å²) in [5.74, 6) is -1.36. The third-order valence-electron chi connectivity index (χ3n) is 23.4. The van der Waals surface area contributed by atoms with Gasteiger partial charge in [-0.1, -0.05) is 97.1 Å². The molecule has 0 radical (unpaired) electrons. The lowest BCUT2D eigenvalue weighted by atomic mass is 9.98. The molecule has 0 aliphatic carbocycles. The maximum absolute atomic E-state index is 13.7. The molecule has 0 bridgehead atoms. The molecule has 0 unspecified atom stereocenters. The third-order valence-corrected chi connectivity index (χ3v) is 42.2. The average Bonchev–Trinajstić information content (AvgIpc) is 1.23. The highest BCUT2D eigenvalue weighted by Gasteiger charge is 2.42. The fraction of sp³-hybridized carbons (Fsp3) is 0.333. The van der Waals surface area contributed by atoms with Crippen LogP contribution in [0.4, 0.5) is 40.3 Å². The van der Waals surface area contributed by atoms with E-state index in [2.05, 4.69) is 4.90 Å². The predicted octanol–water partition coefficient (Wildman–Crippen LogP) is 15.9. The number of hydrogen-bond acceptors (Lipinski definition) is 25. The average molecular weight is 2090 g/mol. The number of nitrogens with zero attached hydrogens (tertiary/aromatic N) is 8. The van der Waals surface area contributed by atoms with Crippen LogP contribution in [0, 0.1) is 23.3 Å². The van der Waals surface area contributed by atoms with Gasteiger partial charge in [-0.3, -0.25) is 8.42 Å². The van der Waals surface area contributed by atoms with E-state index in [-0.39, 0.29) is 105 Å². The van der Waals surface area contributed by atoms with Crippen LogP contribution >= 0.6 is 57.1 Å². The highest BCUT2D eigenvalue weighted by Crippen LogP contribution is 2.38. The summed E-state index contributed by atoms with van der Waals surface area (Å²) in [4.78, 5) is 9.58. The fourth-order valence-electron chi connectivity index (χ4n) is 16.0. The van der Waals surface area contributed by atoms with E-state index in [1.54, 1.807) is 166 Å². The lowest BCUT2D eigenvalue weighted by Crippen LogP contribution is -2.57. The quantitative estimate of drug-likeness (QED) is 0.0261. The molecule has 4 N–H and O–H groups in total. The van der Waals surface area contributed by atoms with Crippen molar-refractivity contribution in [3.63, 3.8) is 0 Å². The fourth-order valence-corrected chi connectivity index (χ4v) is 31.7. The van der Waals surface area contributed by atoms with E-state index < -0.39 is 117 Å². The van der Waals surface area contributed by atoms with Crippen molar-refractivity contribution < 1.29 is 88.5 Å². The van der Waals surface area contributed by atoms with Gasteiger partial charge in [-0.25, -0.2) is 59.7 Å². The molecule has 0 spiro atoms. The van der Waals surface area contributed by atoms with Crippen LogP contribution in [0.15, 0.2) is 301 Å². The van der Waals surface area contributed by atoms with Crippen LogP contribution in [-0.2, 0) is 93.9 Å². The van der Waals surface area contributed by atoms with E-state index in [1.807, 2.05) is 93.6 Å². The van der Waals surface area contributed by atoms with Crippen molar-refractivity contribution in [3.05, 3.63) is 310 Å². The summed E-state index contributed by atoms with van der Waals surface area (Å²) in [6.07, 6.45) is 0. The topological polar surface area (TPSA) is 312 Å². The minimum absolute atomic E-state index is 0.0397. The normalized spacial score (nSPS) is 18.4. The molecule has 4 aliphatic heterocycles. The molecule has 8 heterocycles. The molecule has 16 rings (SSSR count). The molecular weight excluding hydrogens is 1980 g/mol. The number of benzene rings is 8. The Morgan fingerprint density at radius 1 is 0.331 bits per heavy atom. The lowest BCUT2D eigenvalue weighted by Gasteiger charge is -2.42. The maximum Gasteiger partial charge on any atom is 0.252 e. The van der Waals surface area contributed by atoms with Crippen LogP contribution in [-0.4, -0.2) is 214 Å². The molecule has 24 nitrogen and oxygen atoms in total. The largest absolute Gasteiger partial charge is 0.386 e. The number of rotatable bonds is 28. The summed E-state index contributed by atoms with van der Waals surface area (Å²) in [6.45, 7) is 17.1. The van der Waals surface area contributed by atoms with Crippen LogP contribution < -0.4 is 19.6 Å². The molecular formula is C96H108F4N8O16S12. The Hall–Kier alpha value is -8.44. The Morgan fingerprint density at radius 2 is 0.603 bits per heavy atom. The molecule has 4 fully saturated rings. The lowest BCUT2D eigenvalue weighted by molar-refractivity contribution is 0.0780. The zero-order valence-electron chi connectivity index (χ0n) is 75.7. The van der Waals surface area contributed by atoms with Crippen molar-refractivity contribution >= 4 is 151 Å². The van der Waals surface area contributed by atoms with Crippen molar-refractivity contribution in [3.8, 4) is 0 Å². The summed E-state index contributed by atoms with van der Waals surface area (Å²) in [5.41, 5.74) is 2.49. The number of sulfone groups is 1. The Bertz CT molecular complexity index is 6480. The highest BCUT2D eigenvalue weighted by molar-refractivity contribution is 7.99. The van der Waals surface area contributed by atoms with Gasteiger partial charge in [0.2, 0.25) is 0 Å². The van der Waals surface area contributed by atoms with Gasteiger partial charge >= 0.3 is 0 Å². The predicted molar refractivity (Wildman–Crippen MR) is 535 cm³/mol. The van der Waals surface area contributed by atoms with Gasteiger partial charge in [0, 0.05) is 133 Å². The summed E-state index contributed by atoms with van der Waals surface area (Å²) < 4.78 is 220. The minimum Gasteiger partial charge on any atom is -0.386 e. The molecule has 728 valence electrons. The molecule has 136 heavy (non-hydrogen) atoms. The Morgan fingerprint density at radius 3 is 0.890 bits per heavy atom. The first-order chi connectivity index (χ1) is 64.1. The van der Waals surface area contributed by atoms with E-state index in [4.69, 9.17) is 0 Å².